The lowest BCUT2D eigenvalue weighted by Gasteiger charge is -2.01. The summed E-state index contributed by atoms with van der Waals surface area (Å²) in [4.78, 5) is 11.1. The van der Waals surface area contributed by atoms with Crippen LogP contribution in [0.2, 0.25) is 0 Å². The van der Waals surface area contributed by atoms with Gasteiger partial charge in [-0.3, -0.25) is 4.68 Å². The predicted octanol–water partition coefficient (Wildman–Crippen LogP) is 2.29. The standard InChI is InChI=1S/C15H15N3O3/c1-17-8-11(10-6-9(21-3)4-5-13(10)17)12-7-14(15(19)20)18(2)16-12/h4-8H,1-3H3,(H,19,20). The summed E-state index contributed by atoms with van der Waals surface area (Å²) in [6, 6.07) is 7.38. The molecule has 6 nitrogen and oxygen atoms in total. The second-order valence-corrected chi connectivity index (χ2v) is 4.88. The maximum Gasteiger partial charge on any atom is 0.354 e. The Morgan fingerprint density at radius 3 is 2.67 bits per heavy atom. The van der Waals surface area contributed by atoms with Crippen LogP contribution in [0.3, 0.4) is 0 Å². The molecule has 0 atom stereocenters. The third-order valence-electron chi connectivity index (χ3n) is 3.57. The van der Waals surface area contributed by atoms with Gasteiger partial charge in [0, 0.05) is 36.8 Å². The molecule has 108 valence electrons. The number of carboxylic acid groups (broad SMARTS) is 1. The van der Waals surface area contributed by atoms with E-state index in [-0.39, 0.29) is 5.69 Å². The second kappa shape index (κ2) is 4.66. The fourth-order valence-electron chi connectivity index (χ4n) is 2.50. The van der Waals surface area contributed by atoms with Crippen LogP contribution >= 0.6 is 0 Å². The van der Waals surface area contributed by atoms with Crippen molar-refractivity contribution in [2.75, 3.05) is 7.11 Å². The molecule has 0 fully saturated rings. The highest BCUT2D eigenvalue weighted by Crippen LogP contribution is 2.32. The molecule has 0 amide bonds. The van der Waals surface area contributed by atoms with Crippen molar-refractivity contribution >= 4 is 16.9 Å². The number of aryl methyl sites for hydroxylation is 2. The van der Waals surface area contributed by atoms with E-state index in [4.69, 9.17) is 9.84 Å². The number of carboxylic acids is 1. The monoisotopic (exact) mass is 285 g/mol. The van der Waals surface area contributed by atoms with E-state index in [9.17, 15) is 4.79 Å². The van der Waals surface area contributed by atoms with Gasteiger partial charge in [0.2, 0.25) is 0 Å². The molecule has 21 heavy (non-hydrogen) atoms. The number of hydrogen-bond acceptors (Lipinski definition) is 3. The molecule has 0 radical (unpaired) electrons. The van der Waals surface area contributed by atoms with Crippen LogP contribution in [0.5, 0.6) is 5.75 Å². The van der Waals surface area contributed by atoms with Gasteiger partial charge in [0.05, 0.1) is 12.8 Å². The van der Waals surface area contributed by atoms with Crippen LogP contribution in [0.4, 0.5) is 0 Å². The van der Waals surface area contributed by atoms with Crippen molar-refractivity contribution in [2.45, 2.75) is 0 Å². The van der Waals surface area contributed by atoms with Gasteiger partial charge in [-0.05, 0) is 24.3 Å². The fourth-order valence-corrected chi connectivity index (χ4v) is 2.50. The number of aromatic nitrogens is 3. The Morgan fingerprint density at radius 2 is 2.05 bits per heavy atom. The van der Waals surface area contributed by atoms with Crippen molar-refractivity contribution in [2.24, 2.45) is 14.1 Å². The van der Waals surface area contributed by atoms with E-state index >= 15 is 0 Å². The van der Waals surface area contributed by atoms with E-state index in [1.165, 1.54) is 4.68 Å². The smallest absolute Gasteiger partial charge is 0.354 e. The van der Waals surface area contributed by atoms with Crippen molar-refractivity contribution in [3.8, 4) is 17.0 Å². The molecule has 3 rings (SSSR count). The predicted molar refractivity (Wildman–Crippen MR) is 78.6 cm³/mol. The first-order chi connectivity index (χ1) is 10.0. The van der Waals surface area contributed by atoms with Crippen molar-refractivity contribution in [1.82, 2.24) is 14.3 Å². The number of rotatable bonds is 3. The molecule has 0 spiro atoms. The Balaban J connectivity index is 2.24. The van der Waals surface area contributed by atoms with Gasteiger partial charge in [0.25, 0.3) is 0 Å². The van der Waals surface area contributed by atoms with Crippen molar-refractivity contribution < 1.29 is 14.6 Å². The first kappa shape index (κ1) is 13.2. The first-order valence-electron chi connectivity index (χ1n) is 6.42. The minimum absolute atomic E-state index is 0.157. The van der Waals surface area contributed by atoms with E-state index in [1.54, 1.807) is 20.2 Å². The highest BCUT2D eigenvalue weighted by molar-refractivity contribution is 5.97. The Labute approximate surface area is 121 Å². The normalized spacial score (nSPS) is 11.0. The molecular formula is C15H15N3O3. The van der Waals surface area contributed by atoms with Crippen LogP contribution in [0.15, 0.2) is 30.5 Å². The average Bonchev–Trinajstić information content (AvgIpc) is 2.99. The van der Waals surface area contributed by atoms with Crippen LogP contribution < -0.4 is 4.74 Å². The number of hydrogen-bond donors (Lipinski definition) is 1. The van der Waals surface area contributed by atoms with Gasteiger partial charge >= 0.3 is 5.97 Å². The van der Waals surface area contributed by atoms with E-state index in [2.05, 4.69) is 5.10 Å². The molecule has 0 aliphatic rings. The lowest BCUT2D eigenvalue weighted by atomic mass is 10.1. The van der Waals surface area contributed by atoms with E-state index in [0.717, 1.165) is 22.2 Å². The molecule has 0 saturated carbocycles. The lowest BCUT2D eigenvalue weighted by molar-refractivity contribution is 0.0685. The molecule has 1 aromatic carbocycles. The number of fused-ring (bicyclic) bond motifs is 1. The number of methoxy groups -OCH3 is 1. The molecule has 0 aliphatic heterocycles. The average molecular weight is 285 g/mol. The van der Waals surface area contributed by atoms with Gasteiger partial charge in [-0.2, -0.15) is 5.10 Å². The summed E-state index contributed by atoms with van der Waals surface area (Å²) in [5.41, 5.74) is 2.71. The zero-order valence-electron chi connectivity index (χ0n) is 12.0. The highest BCUT2D eigenvalue weighted by atomic mass is 16.5. The molecule has 0 aliphatic carbocycles. The molecular weight excluding hydrogens is 270 g/mol. The number of nitrogens with zero attached hydrogens (tertiary/aromatic N) is 3. The van der Waals surface area contributed by atoms with Crippen LogP contribution in [0, 0.1) is 0 Å². The van der Waals surface area contributed by atoms with E-state index < -0.39 is 5.97 Å². The van der Waals surface area contributed by atoms with Crippen molar-refractivity contribution in [1.29, 1.82) is 0 Å². The third-order valence-corrected chi connectivity index (χ3v) is 3.57. The Hall–Kier alpha value is -2.76. The summed E-state index contributed by atoms with van der Waals surface area (Å²) in [7, 11) is 5.19. The van der Waals surface area contributed by atoms with E-state index in [0.29, 0.717) is 5.69 Å². The van der Waals surface area contributed by atoms with Gasteiger partial charge in [-0.1, -0.05) is 0 Å². The largest absolute Gasteiger partial charge is 0.497 e. The minimum atomic E-state index is -0.992. The van der Waals surface area contributed by atoms with Crippen LogP contribution in [0.1, 0.15) is 10.5 Å². The molecule has 6 heteroatoms. The quantitative estimate of drug-likeness (QED) is 0.801. The van der Waals surface area contributed by atoms with E-state index in [1.807, 2.05) is 36.0 Å². The van der Waals surface area contributed by atoms with Gasteiger partial charge < -0.3 is 14.4 Å². The Kier molecular flexibility index (Phi) is 2.94. The van der Waals surface area contributed by atoms with Crippen molar-refractivity contribution in [3.05, 3.63) is 36.2 Å². The van der Waals surface area contributed by atoms with Crippen LogP contribution in [-0.4, -0.2) is 32.5 Å². The van der Waals surface area contributed by atoms with Gasteiger partial charge in [-0.15, -0.1) is 0 Å². The fraction of sp³-hybridized carbons (Fsp3) is 0.200. The third kappa shape index (κ3) is 2.05. The molecule has 0 saturated heterocycles. The summed E-state index contributed by atoms with van der Waals surface area (Å²) in [5, 5.41) is 14.4. The van der Waals surface area contributed by atoms with Gasteiger partial charge in [-0.25, -0.2) is 4.79 Å². The van der Waals surface area contributed by atoms with Gasteiger partial charge in [0.1, 0.15) is 11.4 Å². The molecule has 2 heterocycles. The SMILES string of the molecule is COc1ccc2c(c1)c(-c1cc(C(=O)O)n(C)n1)cn2C. The maximum atomic E-state index is 11.1. The van der Waals surface area contributed by atoms with Crippen molar-refractivity contribution in [3.63, 3.8) is 0 Å². The summed E-state index contributed by atoms with van der Waals surface area (Å²) in [6.07, 6.45) is 1.94. The maximum absolute atomic E-state index is 11.1. The van der Waals surface area contributed by atoms with Crippen LogP contribution in [-0.2, 0) is 14.1 Å². The zero-order chi connectivity index (χ0) is 15.1. The zero-order valence-corrected chi connectivity index (χ0v) is 12.0. The second-order valence-electron chi connectivity index (χ2n) is 4.88. The summed E-state index contributed by atoms with van der Waals surface area (Å²) in [6.45, 7) is 0. The number of carbonyl (C=O) groups is 1. The summed E-state index contributed by atoms with van der Waals surface area (Å²) >= 11 is 0. The van der Waals surface area contributed by atoms with Crippen LogP contribution in [0.25, 0.3) is 22.2 Å². The van der Waals surface area contributed by atoms with Gasteiger partial charge in [0.15, 0.2) is 0 Å². The summed E-state index contributed by atoms with van der Waals surface area (Å²) in [5.74, 6) is -0.238. The molecule has 3 aromatic rings. The minimum Gasteiger partial charge on any atom is -0.497 e. The topological polar surface area (TPSA) is 69.3 Å². The summed E-state index contributed by atoms with van der Waals surface area (Å²) < 4.78 is 8.62. The first-order valence-corrected chi connectivity index (χ1v) is 6.42. The molecule has 0 unspecified atom stereocenters. The molecule has 2 aromatic heterocycles. The number of ether oxygens (including phenoxy) is 1. The molecule has 0 bridgehead atoms. The Bertz CT molecular complexity index is 845. The lowest BCUT2D eigenvalue weighted by Crippen LogP contribution is -2.04. The number of benzene rings is 1. The Morgan fingerprint density at radius 1 is 1.29 bits per heavy atom. The highest BCUT2D eigenvalue weighted by Gasteiger charge is 2.16. The number of aromatic carboxylic acids is 1. The molecule has 1 N–H and O–H groups in total.